The van der Waals surface area contributed by atoms with E-state index in [1.165, 1.54) is 0 Å². The minimum absolute atomic E-state index is 0.265. The van der Waals surface area contributed by atoms with Crippen LogP contribution < -0.4 is 5.73 Å². The lowest BCUT2D eigenvalue weighted by molar-refractivity contribution is 0.110. The summed E-state index contributed by atoms with van der Waals surface area (Å²) in [7, 11) is 0. The molecule has 1 aromatic heterocycles. The van der Waals surface area contributed by atoms with E-state index in [0.717, 1.165) is 31.6 Å². The van der Waals surface area contributed by atoms with E-state index in [9.17, 15) is 0 Å². The summed E-state index contributed by atoms with van der Waals surface area (Å²) >= 11 is 5.67. The number of rotatable bonds is 2. The van der Waals surface area contributed by atoms with Crippen LogP contribution in [0.2, 0.25) is 5.15 Å². The quantitative estimate of drug-likeness (QED) is 0.808. The summed E-state index contributed by atoms with van der Waals surface area (Å²) in [5.74, 6) is 0. The molecule has 0 bridgehead atoms. The van der Waals surface area contributed by atoms with Crippen LogP contribution in [0, 0.1) is 0 Å². The zero-order valence-electron chi connectivity index (χ0n) is 7.74. The Morgan fingerprint density at radius 1 is 1.57 bits per heavy atom. The topological polar surface area (TPSA) is 61.0 Å². The molecule has 1 saturated heterocycles. The molecule has 1 unspecified atom stereocenters. The molecular formula is C9H12ClN3O. The Morgan fingerprint density at radius 3 is 3.07 bits per heavy atom. The lowest BCUT2D eigenvalue weighted by Gasteiger charge is -2.08. The first-order valence-electron chi connectivity index (χ1n) is 4.65. The third kappa shape index (κ3) is 2.13. The number of anilines is 1. The molecule has 14 heavy (non-hydrogen) atoms. The van der Waals surface area contributed by atoms with E-state index < -0.39 is 0 Å². The lowest BCUT2D eigenvalue weighted by Crippen LogP contribution is -2.11. The Morgan fingerprint density at radius 2 is 2.43 bits per heavy atom. The summed E-state index contributed by atoms with van der Waals surface area (Å²) in [5.41, 5.74) is 6.95. The summed E-state index contributed by atoms with van der Waals surface area (Å²) < 4.78 is 5.49. The van der Waals surface area contributed by atoms with Gasteiger partial charge in [-0.1, -0.05) is 11.6 Å². The maximum Gasteiger partial charge on any atom is 0.174 e. The minimum Gasteiger partial charge on any atom is -0.396 e. The molecule has 0 aliphatic carbocycles. The predicted molar refractivity (Wildman–Crippen MR) is 54.1 cm³/mol. The van der Waals surface area contributed by atoms with Crippen molar-refractivity contribution >= 4 is 17.3 Å². The van der Waals surface area contributed by atoms with E-state index in [4.69, 9.17) is 22.1 Å². The van der Waals surface area contributed by atoms with Crippen molar-refractivity contribution in [2.75, 3.05) is 12.3 Å². The van der Waals surface area contributed by atoms with Gasteiger partial charge in [0, 0.05) is 13.0 Å². The van der Waals surface area contributed by atoms with Crippen LogP contribution in [0.25, 0.3) is 0 Å². The molecule has 0 amide bonds. The number of hydrogen-bond donors (Lipinski definition) is 1. The highest BCUT2D eigenvalue weighted by Gasteiger charge is 2.17. The fraction of sp³-hybridized carbons (Fsp3) is 0.556. The highest BCUT2D eigenvalue weighted by molar-refractivity contribution is 6.31. The molecule has 1 aliphatic rings. The minimum atomic E-state index is 0.265. The molecule has 0 saturated carbocycles. The number of aromatic nitrogens is 2. The van der Waals surface area contributed by atoms with E-state index in [-0.39, 0.29) is 11.3 Å². The molecule has 4 nitrogen and oxygen atoms in total. The van der Waals surface area contributed by atoms with Gasteiger partial charge in [-0.05, 0) is 18.9 Å². The Balaban J connectivity index is 2.05. The van der Waals surface area contributed by atoms with Gasteiger partial charge >= 0.3 is 0 Å². The van der Waals surface area contributed by atoms with Gasteiger partial charge in [0.1, 0.15) is 0 Å². The van der Waals surface area contributed by atoms with Crippen LogP contribution in [-0.2, 0) is 11.2 Å². The number of nitrogen functional groups attached to an aromatic ring is 1. The standard InChI is InChI=1S/C9H12ClN3O/c10-9-8(11)5-6(12-13-9)4-7-2-1-3-14-7/h5,7H,1-4H2,(H2,11,12). The number of nitrogens with zero attached hydrogens (tertiary/aromatic N) is 2. The van der Waals surface area contributed by atoms with Crippen molar-refractivity contribution in [3.05, 3.63) is 16.9 Å². The van der Waals surface area contributed by atoms with Gasteiger partial charge in [-0.2, -0.15) is 5.10 Å². The normalized spacial score (nSPS) is 21.4. The van der Waals surface area contributed by atoms with Crippen LogP contribution in [0.15, 0.2) is 6.07 Å². The maximum absolute atomic E-state index is 5.67. The first kappa shape index (κ1) is 9.68. The van der Waals surface area contributed by atoms with Crippen LogP contribution in [0.3, 0.4) is 0 Å². The third-order valence-corrected chi connectivity index (χ3v) is 2.58. The number of halogens is 1. The van der Waals surface area contributed by atoms with E-state index in [1.54, 1.807) is 6.07 Å². The predicted octanol–water partition coefficient (Wildman–Crippen LogP) is 1.43. The first-order valence-corrected chi connectivity index (χ1v) is 5.02. The van der Waals surface area contributed by atoms with Crippen molar-refractivity contribution < 1.29 is 4.74 Å². The summed E-state index contributed by atoms with van der Waals surface area (Å²) in [4.78, 5) is 0. The fourth-order valence-electron chi connectivity index (χ4n) is 1.57. The highest BCUT2D eigenvalue weighted by Crippen LogP contribution is 2.19. The van der Waals surface area contributed by atoms with Gasteiger partial charge < -0.3 is 10.5 Å². The van der Waals surface area contributed by atoms with Gasteiger partial charge in [0.2, 0.25) is 0 Å². The molecule has 5 heteroatoms. The fourth-order valence-corrected chi connectivity index (χ4v) is 1.66. The van der Waals surface area contributed by atoms with Gasteiger partial charge in [-0.25, -0.2) is 0 Å². The van der Waals surface area contributed by atoms with E-state index in [0.29, 0.717) is 5.69 Å². The van der Waals surface area contributed by atoms with Gasteiger partial charge in [0.15, 0.2) is 5.15 Å². The lowest BCUT2D eigenvalue weighted by atomic mass is 10.1. The molecule has 76 valence electrons. The Hall–Kier alpha value is -0.870. The zero-order valence-corrected chi connectivity index (χ0v) is 8.50. The molecule has 1 atom stereocenters. The van der Waals surface area contributed by atoms with Crippen molar-refractivity contribution in [2.24, 2.45) is 0 Å². The monoisotopic (exact) mass is 213 g/mol. The number of ether oxygens (including phenoxy) is 1. The molecule has 0 spiro atoms. The van der Waals surface area contributed by atoms with Crippen LogP contribution in [-0.4, -0.2) is 22.9 Å². The smallest absolute Gasteiger partial charge is 0.174 e. The molecule has 2 N–H and O–H groups in total. The number of nitrogens with two attached hydrogens (primary N) is 1. The van der Waals surface area contributed by atoms with Crippen LogP contribution in [0.5, 0.6) is 0 Å². The van der Waals surface area contributed by atoms with E-state index in [1.807, 2.05) is 0 Å². The van der Waals surface area contributed by atoms with Gasteiger partial charge in [-0.15, -0.1) is 5.10 Å². The van der Waals surface area contributed by atoms with E-state index in [2.05, 4.69) is 10.2 Å². The number of hydrogen-bond acceptors (Lipinski definition) is 4. The second-order valence-corrected chi connectivity index (χ2v) is 3.78. The van der Waals surface area contributed by atoms with Crippen molar-refractivity contribution in [1.82, 2.24) is 10.2 Å². The average molecular weight is 214 g/mol. The Kier molecular flexibility index (Phi) is 2.84. The second kappa shape index (κ2) is 4.11. The summed E-state index contributed by atoms with van der Waals surface area (Å²) in [6, 6.07) is 1.76. The van der Waals surface area contributed by atoms with Crippen molar-refractivity contribution in [3.63, 3.8) is 0 Å². The molecule has 2 rings (SSSR count). The third-order valence-electron chi connectivity index (χ3n) is 2.29. The van der Waals surface area contributed by atoms with Gasteiger partial charge in [0.25, 0.3) is 0 Å². The van der Waals surface area contributed by atoms with Crippen molar-refractivity contribution in [3.8, 4) is 0 Å². The molecule has 0 aromatic carbocycles. The molecular weight excluding hydrogens is 202 g/mol. The summed E-state index contributed by atoms with van der Waals surface area (Å²) in [5, 5.41) is 7.98. The maximum atomic E-state index is 5.67. The Labute approximate surface area is 87.4 Å². The SMILES string of the molecule is Nc1cc(CC2CCCO2)nnc1Cl. The largest absolute Gasteiger partial charge is 0.396 e. The van der Waals surface area contributed by atoms with Crippen molar-refractivity contribution in [2.45, 2.75) is 25.4 Å². The van der Waals surface area contributed by atoms with Crippen LogP contribution >= 0.6 is 11.6 Å². The average Bonchev–Trinajstić information content (AvgIpc) is 2.64. The van der Waals surface area contributed by atoms with Gasteiger partial charge in [0.05, 0.1) is 17.5 Å². The molecule has 0 radical (unpaired) electrons. The molecule has 1 aromatic rings. The second-order valence-electron chi connectivity index (χ2n) is 3.42. The van der Waals surface area contributed by atoms with E-state index >= 15 is 0 Å². The Bertz CT molecular complexity index is 326. The van der Waals surface area contributed by atoms with Gasteiger partial charge in [-0.3, -0.25) is 0 Å². The van der Waals surface area contributed by atoms with Crippen molar-refractivity contribution in [1.29, 1.82) is 0 Å². The van der Waals surface area contributed by atoms with Crippen LogP contribution in [0.1, 0.15) is 18.5 Å². The molecule has 1 aliphatic heterocycles. The first-order chi connectivity index (χ1) is 6.75. The summed E-state index contributed by atoms with van der Waals surface area (Å²) in [6.07, 6.45) is 3.25. The molecule has 2 heterocycles. The van der Waals surface area contributed by atoms with Crippen LogP contribution in [0.4, 0.5) is 5.69 Å². The zero-order chi connectivity index (χ0) is 9.97. The summed E-state index contributed by atoms with van der Waals surface area (Å²) in [6.45, 7) is 0.848. The highest BCUT2D eigenvalue weighted by atomic mass is 35.5. The molecule has 1 fully saturated rings.